The summed E-state index contributed by atoms with van der Waals surface area (Å²) >= 11 is 0. The Hall–Kier alpha value is -2.91. The summed E-state index contributed by atoms with van der Waals surface area (Å²) in [6.07, 6.45) is -2.90. The first-order valence-electron chi connectivity index (χ1n) is 8.45. The number of alkyl halides is 3. The summed E-state index contributed by atoms with van der Waals surface area (Å²) in [6, 6.07) is 3.56. The van der Waals surface area contributed by atoms with Crippen LogP contribution in [0.3, 0.4) is 0 Å². The Morgan fingerprint density at radius 3 is 2.48 bits per heavy atom. The van der Waals surface area contributed by atoms with E-state index in [0.29, 0.717) is 31.5 Å². The smallest absolute Gasteiger partial charge is 0.449 e. The molecule has 2 N–H and O–H groups in total. The third-order valence-corrected chi connectivity index (χ3v) is 5.05. The van der Waals surface area contributed by atoms with Gasteiger partial charge in [0.05, 0.1) is 10.9 Å². The number of phenols is 1. The van der Waals surface area contributed by atoms with Crippen molar-refractivity contribution in [3.05, 3.63) is 45.6 Å². The zero-order chi connectivity index (χ0) is 19.2. The number of rotatable bonds is 2. The second kappa shape index (κ2) is 6.36. The molecule has 1 aliphatic rings. The van der Waals surface area contributed by atoms with Crippen molar-refractivity contribution in [3.63, 3.8) is 0 Å². The van der Waals surface area contributed by atoms with Crippen LogP contribution in [0, 0.1) is 0 Å². The summed E-state index contributed by atoms with van der Waals surface area (Å²) in [7, 11) is 0. The fraction of sp³-hybridized carbons (Fsp3) is 0.412. The van der Waals surface area contributed by atoms with E-state index in [9.17, 15) is 23.1 Å². The van der Waals surface area contributed by atoms with Gasteiger partial charge in [0.1, 0.15) is 11.3 Å². The Morgan fingerprint density at radius 1 is 1.15 bits per heavy atom. The second-order valence-electron chi connectivity index (χ2n) is 6.69. The van der Waals surface area contributed by atoms with E-state index in [4.69, 9.17) is 4.42 Å². The maximum atomic E-state index is 13.6. The number of phenolic OH excluding ortho intramolecular Hbond substituents is 1. The third kappa shape index (κ3) is 3.15. The van der Waals surface area contributed by atoms with Crippen molar-refractivity contribution in [1.29, 1.82) is 0 Å². The molecule has 2 aromatic heterocycles. The fourth-order valence-electron chi connectivity index (χ4n) is 3.77. The van der Waals surface area contributed by atoms with Gasteiger partial charge in [0.25, 0.3) is 0 Å². The highest BCUT2D eigenvalue weighted by Gasteiger charge is 2.42. The molecule has 27 heavy (non-hydrogen) atoms. The summed E-state index contributed by atoms with van der Waals surface area (Å²) in [4.78, 5) is 12.8. The molecule has 1 aliphatic carbocycles. The van der Waals surface area contributed by atoms with Gasteiger partial charge < -0.3 is 9.52 Å². The SMILES string of the molecule is O=c1c2ccc(O)cc2oc(C(F)(F)F)c1[C@H]1CC[C@H](c2nnn[nH]2)CC1. The van der Waals surface area contributed by atoms with Crippen molar-refractivity contribution >= 4 is 11.0 Å². The van der Waals surface area contributed by atoms with Crippen LogP contribution in [-0.4, -0.2) is 25.7 Å². The summed E-state index contributed by atoms with van der Waals surface area (Å²) in [5, 5.41) is 23.1. The quantitative estimate of drug-likeness (QED) is 0.705. The maximum Gasteiger partial charge on any atom is 0.449 e. The van der Waals surface area contributed by atoms with Crippen LogP contribution < -0.4 is 5.43 Å². The predicted octanol–water partition coefficient (Wildman–Crippen LogP) is 3.47. The van der Waals surface area contributed by atoms with E-state index in [1.54, 1.807) is 0 Å². The van der Waals surface area contributed by atoms with E-state index in [1.807, 2.05) is 0 Å². The Balaban J connectivity index is 1.75. The average Bonchev–Trinajstić information content (AvgIpc) is 3.15. The van der Waals surface area contributed by atoms with E-state index in [-0.39, 0.29) is 28.2 Å². The van der Waals surface area contributed by atoms with Gasteiger partial charge in [0, 0.05) is 12.0 Å². The van der Waals surface area contributed by atoms with Gasteiger partial charge >= 0.3 is 6.18 Å². The Bertz CT molecular complexity index is 1020. The van der Waals surface area contributed by atoms with E-state index in [2.05, 4.69) is 20.6 Å². The van der Waals surface area contributed by atoms with Gasteiger partial charge in [0.15, 0.2) is 11.3 Å². The lowest BCUT2D eigenvalue weighted by Gasteiger charge is -2.28. The predicted molar refractivity (Wildman–Crippen MR) is 87.3 cm³/mol. The molecule has 4 rings (SSSR count). The minimum atomic E-state index is -4.81. The number of aromatic nitrogens is 4. The monoisotopic (exact) mass is 380 g/mol. The molecule has 1 fully saturated rings. The average molecular weight is 380 g/mol. The van der Waals surface area contributed by atoms with E-state index < -0.39 is 23.3 Å². The van der Waals surface area contributed by atoms with Crippen LogP contribution in [0.25, 0.3) is 11.0 Å². The van der Waals surface area contributed by atoms with Gasteiger partial charge in [-0.15, -0.1) is 5.10 Å². The summed E-state index contributed by atoms with van der Waals surface area (Å²) in [5.41, 5.74) is -1.32. The van der Waals surface area contributed by atoms with Gasteiger partial charge in [-0.3, -0.25) is 4.79 Å². The van der Waals surface area contributed by atoms with E-state index >= 15 is 0 Å². The molecule has 0 unspecified atom stereocenters. The standard InChI is InChI=1S/C17H15F3N4O3/c18-17(19,20)15-13(14(26)11-6-5-10(25)7-12(11)27-15)8-1-3-9(4-2-8)16-21-23-24-22-16/h5-9,25H,1-4H2,(H,21,22,23,24)/t8-,9-. The number of nitrogens with zero attached hydrogens (tertiary/aromatic N) is 3. The molecule has 0 spiro atoms. The molecular weight excluding hydrogens is 365 g/mol. The second-order valence-corrected chi connectivity index (χ2v) is 6.69. The van der Waals surface area contributed by atoms with Gasteiger partial charge in [-0.05, 0) is 54.2 Å². The van der Waals surface area contributed by atoms with Gasteiger partial charge in [-0.2, -0.15) is 13.2 Å². The highest BCUT2D eigenvalue weighted by Crippen LogP contribution is 2.43. The molecule has 7 nitrogen and oxygen atoms in total. The van der Waals surface area contributed by atoms with Crippen molar-refractivity contribution < 1.29 is 22.7 Å². The molecule has 0 radical (unpaired) electrons. The number of benzene rings is 1. The lowest BCUT2D eigenvalue weighted by atomic mass is 9.77. The van der Waals surface area contributed by atoms with E-state index in [1.165, 1.54) is 12.1 Å². The molecule has 0 atom stereocenters. The lowest BCUT2D eigenvalue weighted by molar-refractivity contribution is -0.154. The van der Waals surface area contributed by atoms with Gasteiger partial charge in [0.2, 0.25) is 5.76 Å². The zero-order valence-electron chi connectivity index (χ0n) is 14.0. The topological polar surface area (TPSA) is 105 Å². The van der Waals surface area contributed by atoms with Crippen LogP contribution in [0.4, 0.5) is 13.2 Å². The molecule has 0 bridgehead atoms. The van der Waals surface area contributed by atoms with Gasteiger partial charge in [-0.25, -0.2) is 5.10 Å². The Morgan fingerprint density at radius 2 is 1.85 bits per heavy atom. The van der Waals surface area contributed by atoms with Crippen molar-refractivity contribution in [1.82, 2.24) is 20.6 Å². The van der Waals surface area contributed by atoms with Crippen LogP contribution >= 0.6 is 0 Å². The molecule has 3 aromatic rings. The first-order valence-corrected chi connectivity index (χ1v) is 8.45. The molecule has 10 heteroatoms. The molecular formula is C17H15F3N4O3. The maximum absolute atomic E-state index is 13.6. The molecule has 0 saturated heterocycles. The number of aromatic amines is 1. The largest absolute Gasteiger partial charge is 0.508 e. The third-order valence-electron chi connectivity index (χ3n) is 5.05. The number of hydrogen-bond acceptors (Lipinski definition) is 6. The van der Waals surface area contributed by atoms with Crippen LogP contribution in [-0.2, 0) is 6.18 Å². The number of aromatic hydroxyl groups is 1. The molecule has 1 aromatic carbocycles. The summed E-state index contributed by atoms with van der Waals surface area (Å²) in [6.45, 7) is 0. The van der Waals surface area contributed by atoms with Crippen molar-refractivity contribution in [2.24, 2.45) is 0 Å². The number of H-pyrrole nitrogens is 1. The Labute approximate surface area is 150 Å². The number of fused-ring (bicyclic) bond motifs is 1. The fourth-order valence-corrected chi connectivity index (χ4v) is 3.77. The highest BCUT2D eigenvalue weighted by atomic mass is 19.4. The molecule has 2 heterocycles. The van der Waals surface area contributed by atoms with Gasteiger partial charge in [-0.1, -0.05) is 0 Å². The number of nitrogens with one attached hydrogen (secondary N) is 1. The number of hydrogen-bond donors (Lipinski definition) is 2. The van der Waals surface area contributed by atoms with Crippen molar-refractivity contribution in [3.8, 4) is 5.75 Å². The van der Waals surface area contributed by atoms with Crippen molar-refractivity contribution in [2.45, 2.75) is 43.7 Å². The first kappa shape index (κ1) is 17.5. The normalized spacial score (nSPS) is 20.9. The summed E-state index contributed by atoms with van der Waals surface area (Å²) in [5.74, 6) is -1.49. The van der Waals surface area contributed by atoms with Crippen LogP contribution in [0.5, 0.6) is 5.75 Å². The van der Waals surface area contributed by atoms with Crippen LogP contribution in [0.2, 0.25) is 0 Å². The Kier molecular flexibility index (Phi) is 4.12. The minimum absolute atomic E-state index is 0.0232. The highest BCUT2D eigenvalue weighted by molar-refractivity contribution is 5.79. The molecule has 1 saturated carbocycles. The van der Waals surface area contributed by atoms with Crippen LogP contribution in [0.1, 0.15) is 54.7 Å². The zero-order valence-corrected chi connectivity index (χ0v) is 14.0. The first-order chi connectivity index (χ1) is 12.8. The molecule has 0 amide bonds. The van der Waals surface area contributed by atoms with Crippen LogP contribution in [0.15, 0.2) is 27.4 Å². The van der Waals surface area contributed by atoms with Crippen molar-refractivity contribution in [2.75, 3.05) is 0 Å². The number of halogens is 3. The number of tetrazole rings is 1. The summed E-state index contributed by atoms with van der Waals surface area (Å²) < 4.78 is 45.8. The van der Waals surface area contributed by atoms with E-state index in [0.717, 1.165) is 6.07 Å². The lowest BCUT2D eigenvalue weighted by Crippen LogP contribution is -2.24. The molecule has 0 aliphatic heterocycles. The molecule has 142 valence electrons. The minimum Gasteiger partial charge on any atom is -0.508 e.